The van der Waals surface area contributed by atoms with Crippen molar-refractivity contribution in [3.63, 3.8) is 0 Å². The molecule has 0 aliphatic rings. The lowest BCUT2D eigenvalue weighted by atomic mass is 10.2. The molecule has 0 atom stereocenters. The second-order valence-electron chi connectivity index (χ2n) is 5.74. The minimum atomic E-state index is -4.76. The lowest BCUT2D eigenvalue weighted by molar-refractivity contribution is -0.138. The van der Waals surface area contributed by atoms with Crippen LogP contribution in [0.25, 0.3) is 0 Å². The zero-order chi connectivity index (χ0) is 22.3. The number of rotatable bonds is 5. The number of halogens is 6. The summed E-state index contributed by atoms with van der Waals surface area (Å²) in [6.07, 6.45) is -4.76. The number of phenols is 1. The SMILES string of the molecule is O=S(=O)(Nc1ccc(C(F)(F)F)c(O)c1)c1sc(Sc2cc(Cl)cc(Cl)c2)cc1Br. The van der Waals surface area contributed by atoms with Crippen LogP contribution in [-0.2, 0) is 16.2 Å². The number of benzene rings is 2. The van der Waals surface area contributed by atoms with E-state index in [2.05, 4.69) is 20.7 Å². The number of anilines is 1. The Balaban J connectivity index is 1.85. The molecule has 0 spiro atoms. The van der Waals surface area contributed by atoms with Crippen LogP contribution >= 0.6 is 62.2 Å². The summed E-state index contributed by atoms with van der Waals surface area (Å²) in [6, 6.07) is 8.71. The molecule has 1 heterocycles. The number of thiophene rings is 1. The van der Waals surface area contributed by atoms with Crippen LogP contribution in [0.1, 0.15) is 5.56 Å². The van der Waals surface area contributed by atoms with Gasteiger partial charge in [-0.25, -0.2) is 8.42 Å². The molecule has 2 N–H and O–H groups in total. The summed E-state index contributed by atoms with van der Waals surface area (Å²) in [5, 5.41) is 10.4. The fraction of sp³-hybridized carbons (Fsp3) is 0.0588. The van der Waals surface area contributed by atoms with Crippen LogP contribution in [0.4, 0.5) is 18.9 Å². The van der Waals surface area contributed by atoms with Crippen molar-refractivity contribution in [3.8, 4) is 5.75 Å². The van der Waals surface area contributed by atoms with Crippen molar-refractivity contribution in [1.82, 2.24) is 0 Å². The van der Waals surface area contributed by atoms with Gasteiger partial charge in [0.25, 0.3) is 10.0 Å². The van der Waals surface area contributed by atoms with Crippen LogP contribution in [0, 0.1) is 0 Å². The molecule has 0 saturated heterocycles. The van der Waals surface area contributed by atoms with Crippen LogP contribution in [-0.4, -0.2) is 13.5 Å². The average molecular weight is 579 g/mol. The Hall–Kier alpha value is -1.11. The lowest BCUT2D eigenvalue weighted by Crippen LogP contribution is -2.12. The van der Waals surface area contributed by atoms with E-state index >= 15 is 0 Å². The summed E-state index contributed by atoms with van der Waals surface area (Å²) >= 11 is 17.3. The molecule has 0 aliphatic heterocycles. The van der Waals surface area contributed by atoms with Crippen LogP contribution in [0.3, 0.4) is 0 Å². The first-order chi connectivity index (χ1) is 13.8. The molecule has 0 aliphatic carbocycles. The third-order valence-electron chi connectivity index (χ3n) is 3.49. The standard InChI is InChI=1S/C17H9BrCl2F3NO3S3/c18-13-7-15(28-11-4-8(19)3-9(20)5-11)29-16(13)30(26,27)24-10-1-2-12(14(25)6-10)17(21,22)23/h1-7,24-25H. The maximum Gasteiger partial charge on any atom is 0.419 e. The van der Waals surface area contributed by atoms with Gasteiger partial charge in [-0.05, 0) is 52.3 Å². The van der Waals surface area contributed by atoms with E-state index in [1.54, 1.807) is 24.3 Å². The zero-order valence-corrected chi connectivity index (χ0v) is 19.8. The molecule has 4 nitrogen and oxygen atoms in total. The number of phenolic OH excluding ortho intramolecular Hbond substituents is 1. The number of hydrogen-bond acceptors (Lipinski definition) is 5. The van der Waals surface area contributed by atoms with Crippen molar-refractivity contribution < 1.29 is 26.7 Å². The Bertz CT molecular complexity index is 1200. The molecule has 0 saturated carbocycles. The first-order valence-electron chi connectivity index (χ1n) is 7.71. The van der Waals surface area contributed by atoms with E-state index in [4.69, 9.17) is 23.2 Å². The van der Waals surface area contributed by atoms with Gasteiger partial charge in [0, 0.05) is 21.0 Å². The van der Waals surface area contributed by atoms with Gasteiger partial charge in [-0.3, -0.25) is 4.72 Å². The molecule has 0 unspecified atom stereocenters. The summed E-state index contributed by atoms with van der Waals surface area (Å²) in [5.41, 5.74) is -1.47. The number of hydrogen-bond donors (Lipinski definition) is 2. The number of alkyl halides is 3. The van der Waals surface area contributed by atoms with Crippen LogP contribution < -0.4 is 4.72 Å². The summed E-state index contributed by atoms with van der Waals surface area (Å²) in [6.45, 7) is 0. The van der Waals surface area contributed by atoms with Crippen LogP contribution in [0.15, 0.2) is 60.3 Å². The third kappa shape index (κ3) is 5.57. The fourth-order valence-corrected chi connectivity index (χ4v) is 8.21. The normalized spacial score (nSPS) is 12.2. The predicted octanol–water partition coefficient (Wildman–Crippen LogP) is 7.49. The zero-order valence-electron chi connectivity index (χ0n) is 14.3. The van der Waals surface area contributed by atoms with Gasteiger partial charge in [0.05, 0.1) is 19.9 Å². The van der Waals surface area contributed by atoms with Crippen molar-refractivity contribution in [1.29, 1.82) is 0 Å². The summed E-state index contributed by atoms with van der Waals surface area (Å²) in [7, 11) is -4.13. The Morgan fingerprint density at radius 3 is 2.27 bits per heavy atom. The maximum absolute atomic E-state index is 12.7. The highest BCUT2D eigenvalue weighted by Gasteiger charge is 2.34. The number of nitrogens with one attached hydrogen (secondary N) is 1. The van der Waals surface area contributed by atoms with E-state index in [9.17, 15) is 26.7 Å². The highest BCUT2D eigenvalue weighted by atomic mass is 79.9. The Kier molecular flexibility index (Phi) is 6.90. The molecule has 13 heteroatoms. The maximum atomic E-state index is 12.7. The molecule has 0 amide bonds. The van der Waals surface area contributed by atoms with Gasteiger partial charge >= 0.3 is 6.18 Å². The summed E-state index contributed by atoms with van der Waals surface area (Å²) in [5.74, 6) is -1.08. The van der Waals surface area contributed by atoms with Gasteiger partial charge in [0.2, 0.25) is 0 Å². The van der Waals surface area contributed by atoms with E-state index in [0.717, 1.165) is 17.4 Å². The molecule has 1 aromatic heterocycles. The quantitative estimate of drug-likeness (QED) is 0.329. The van der Waals surface area contributed by atoms with Gasteiger partial charge in [0.15, 0.2) is 4.21 Å². The molecule has 0 radical (unpaired) electrons. The Morgan fingerprint density at radius 2 is 1.70 bits per heavy atom. The largest absolute Gasteiger partial charge is 0.507 e. The van der Waals surface area contributed by atoms with E-state index in [1.165, 1.54) is 11.8 Å². The number of sulfonamides is 1. The first-order valence-corrected chi connectivity index (χ1v) is 12.4. The Morgan fingerprint density at radius 1 is 1.07 bits per heavy atom. The molecule has 30 heavy (non-hydrogen) atoms. The monoisotopic (exact) mass is 577 g/mol. The van der Waals surface area contributed by atoms with E-state index in [0.29, 0.717) is 31.3 Å². The van der Waals surface area contributed by atoms with Crippen LogP contribution in [0.5, 0.6) is 5.75 Å². The molecule has 2 aromatic carbocycles. The predicted molar refractivity (Wildman–Crippen MR) is 117 cm³/mol. The van der Waals surface area contributed by atoms with E-state index < -0.39 is 27.5 Å². The highest BCUT2D eigenvalue weighted by Crippen LogP contribution is 2.42. The summed E-state index contributed by atoms with van der Waals surface area (Å²) in [4.78, 5) is 0.700. The van der Waals surface area contributed by atoms with Gasteiger partial charge in [0.1, 0.15) is 5.75 Å². The molecular weight excluding hydrogens is 570 g/mol. The van der Waals surface area contributed by atoms with Crippen molar-refractivity contribution >= 4 is 77.9 Å². The van der Waals surface area contributed by atoms with Crippen molar-refractivity contribution in [2.75, 3.05) is 4.72 Å². The number of aromatic hydroxyl groups is 1. The average Bonchev–Trinajstić information content (AvgIpc) is 2.93. The smallest absolute Gasteiger partial charge is 0.419 e. The molecule has 160 valence electrons. The molecule has 3 aromatic rings. The molecule has 0 bridgehead atoms. The second kappa shape index (κ2) is 8.79. The van der Waals surface area contributed by atoms with Gasteiger partial charge in [-0.15, -0.1) is 11.3 Å². The van der Waals surface area contributed by atoms with Gasteiger partial charge < -0.3 is 5.11 Å². The van der Waals surface area contributed by atoms with E-state index in [-0.39, 0.29) is 14.4 Å². The van der Waals surface area contributed by atoms with Gasteiger partial charge in [-0.2, -0.15) is 13.2 Å². The third-order valence-corrected chi connectivity index (χ3v) is 9.21. The fourth-order valence-electron chi connectivity index (χ4n) is 2.31. The lowest BCUT2D eigenvalue weighted by Gasteiger charge is -2.11. The second-order valence-corrected chi connectivity index (χ2v) is 11.8. The first kappa shape index (κ1) is 23.6. The van der Waals surface area contributed by atoms with E-state index in [1.807, 2.05) is 0 Å². The van der Waals surface area contributed by atoms with Crippen LogP contribution in [0.2, 0.25) is 10.0 Å². The minimum absolute atomic E-state index is 0.0856. The highest BCUT2D eigenvalue weighted by molar-refractivity contribution is 9.10. The Labute approximate surface area is 196 Å². The minimum Gasteiger partial charge on any atom is -0.507 e. The van der Waals surface area contributed by atoms with Crippen molar-refractivity contribution in [2.45, 2.75) is 19.5 Å². The van der Waals surface area contributed by atoms with Crippen molar-refractivity contribution in [3.05, 3.63) is 62.5 Å². The van der Waals surface area contributed by atoms with Gasteiger partial charge in [-0.1, -0.05) is 35.0 Å². The summed E-state index contributed by atoms with van der Waals surface area (Å²) < 4.78 is 66.6. The molecule has 0 fully saturated rings. The molecule has 3 rings (SSSR count). The topological polar surface area (TPSA) is 66.4 Å². The molecular formula is C17H9BrCl2F3NO3S3. The van der Waals surface area contributed by atoms with Crippen molar-refractivity contribution in [2.24, 2.45) is 0 Å².